The Hall–Kier alpha value is -0.0800. The van der Waals surface area contributed by atoms with Crippen molar-refractivity contribution in [1.82, 2.24) is 0 Å². The molecule has 0 saturated heterocycles. The minimum Gasteiger partial charge on any atom is -0.378 e. The van der Waals surface area contributed by atoms with E-state index >= 15 is 0 Å². The Bertz CT molecular complexity index is 286. The van der Waals surface area contributed by atoms with Gasteiger partial charge in [-0.1, -0.05) is 64.7 Å². The van der Waals surface area contributed by atoms with Crippen LogP contribution in [0.2, 0.25) is 0 Å². The van der Waals surface area contributed by atoms with Gasteiger partial charge in [0, 0.05) is 13.2 Å². The predicted octanol–water partition coefficient (Wildman–Crippen LogP) is 6.66. The van der Waals surface area contributed by atoms with Gasteiger partial charge >= 0.3 is 0 Å². The largest absolute Gasteiger partial charge is 0.378 e. The first-order valence-electron chi connectivity index (χ1n) is 11.1. The number of ether oxygens (including phenoxy) is 2. The smallest absolute Gasteiger partial charge is 0.0577 e. The second kappa shape index (κ2) is 13.2. The van der Waals surface area contributed by atoms with Crippen molar-refractivity contribution < 1.29 is 9.47 Å². The summed E-state index contributed by atoms with van der Waals surface area (Å²) in [5.74, 6) is 0.856. The van der Waals surface area contributed by atoms with Crippen molar-refractivity contribution in [3.63, 3.8) is 0 Å². The lowest BCUT2D eigenvalue weighted by Crippen LogP contribution is -2.12. The van der Waals surface area contributed by atoms with Crippen LogP contribution >= 0.6 is 0 Å². The summed E-state index contributed by atoms with van der Waals surface area (Å²) >= 11 is 0. The molecule has 0 aliphatic heterocycles. The van der Waals surface area contributed by atoms with E-state index in [0.29, 0.717) is 12.2 Å². The van der Waals surface area contributed by atoms with Gasteiger partial charge < -0.3 is 9.47 Å². The molecule has 0 aromatic heterocycles. The van der Waals surface area contributed by atoms with Crippen LogP contribution in [0.25, 0.3) is 0 Å². The summed E-state index contributed by atoms with van der Waals surface area (Å²) < 4.78 is 12.1. The summed E-state index contributed by atoms with van der Waals surface area (Å²) in [5, 5.41) is 0. The maximum atomic E-state index is 6.12. The molecule has 0 bridgehead atoms. The molecule has 2 aliphatic carbocycles. The van der Waals surface area contributed by atoms with Crippen LogP contribution in [0.3, 0.4) is 0 Å². The van der Waals surface area contributed by atoms with Crippen molar-refractivity contribution in [3.8, 4) is 0 Å². The topological polar surface area (TPSA) is 18.5 Å². The van der Waals surface area contributed by atoms with Gasteiger partial charge in [-0.2, -0.15) is 0 Å². The van der Waals surface area contributed by atoms with Crippen molar-refractivity contribution in [3.05, 3.63) is 0 Å². The highest BCUT2D eigenvalue weighted by Crippen LogP contribution is 2.31. The van der Waals surface area contributed by atoms with E-state index in [0.717, 1.165) is 19.1 Å². The van der Waals surface area contributed by atoms with Crippen LogP contribution < -0.4 is 0 Å². The summed E-state index contributed by atoms with van der Waals surface area (Å²) in [7, 11) is 0. The Morgan fingerprint density at radius 3 is 2.08 bits per heavy atom. The highest BCUT2D eigenvalue weighted by atomic mass is 16.5. The molecule has 2 fully saturated rings. The SMILES string of the molecule is CCCCCCCCCCOC1CCC(CCOC2CCCC2)C1. The second-order valence-electron chi connectivity index (χ2n) is 8.21. The fourth-order valence-electron chi connectivity index (χ4n) is 4.38. The molecular formula is C22H42O2. The Balaban J connectivity index is 1.36. The molecule has 0 amide bonds. The summed E-state index contributed by atoms with van der Waals surface area (Å²) in [6.45, 7) is 4.26. The fraction of sp³-hybridized carbons (Fsp3) is 1.00. The van der Waals surface area contributed by atoms with Gasteiger partial charge in [-0.15, -0.1) is 0 Å². The van der Waals surface area contributed by atoms with Crippen molar-refractivity contribution in [2.24, 2.45) is 5.92 Å². The standard InChI is InChI=1S/C22H42O2/c1-2-3-4-5-6-7-8-11-17-23-22-15-14-20(19-22)16-18-24-21-12-9-10-13-21/h20-22H,2-19H2,1H3. The second-order valence-corrected chi connectivity index (χ2v) is 8.21. The van der Waals surface area contributed by atoms with E-state index in [1.54, 1.807) is 0 Å². The molecule has 2 atom stereocenters. The van der Waals surface area contributed by atoms with Crippen LogP contribution in [0.5, 0.6) is 0 Å². The van der Waals surface area contributed by atoms with Gasteiger partial charge in [-0.25, -0.2) is 0 Å². The first-order chi connectivity index (χ1) is 11.9. The molecule has 2 unspecified atom stereocenters. The molecule has 0 heterocycles. The lowest BCUT2D eigenvalue weighted by Gasteiger charge is -2.15. The Labute approximate surface area is 151 Å². The molecule has 2 nitrogen and oxygen atoms in total. The van der Waals surface area contributed by atoms with E-state index in [9.17, 15) is 0 Å². The monoisotopic (exact) mass is 338 g/mol. The van der Waals surface area contributed by atoms with Crippen LogP contribution in [-0.2, 0) is 9.47 Å². The fourth-order valence-corrected chi connectivity index (χ4v) is 4.38. The van der Waals surface area contributed by atoms with Gasteiger partial charge in [0.1, 0.15) is 0 Å². The number of rotatable bonds is 14. The van der Waals surface area contributed by atoms with Crippen LogP contribution in [-0.4, -0.2) is 25.4 Å². The van der Waals surface area contributed by atoms with E-state index in [1.807, 2.05) is 0 Å². The molecule has 0 radical (unpaired) electrons. The van der Waals surface area contributed by atoms with Crippen molar-refractivity contribution in [1.29, 1.82) is 0 Å². The van der Waals surface area contributed by atoms with Gasteiger partial charge in [0.25, 0.3) is 0 Å². The third-order valence-corrected chi connectivity index (χ3v) is 6.03. The molecule has 2 aliphatic rings. The average molecular weight is 339 g/mol. The zero-order chi connectivity index (χ0) is 16.9. The molecule has 2 rings (SSSR count). The number of unbranched alkanes of at least 4 members (excludes halogenated alkanes) is 7. The van der Waals surface area contributed by atoms with E-state index in [4.69, 9.17) is 9.47 Å². The van der Waals surface area contributed by atoms with Crippen molar-refractivity contribution in [2.45, 2.75) is 122 Å². The molecule has 2 heteroatoms. The summed E-state index contributed by atoms with van der Waals surface area (Å²) in [6.07, 6.45) is 22.7. The minimum atomic E-state index is 0.547. The summed E-state index contributed by atoms with van der Waals surface area (Å²) in [4.78, 5) is 0. The minimum absolute atomic E-state index is 0.547. The van der Waals surface area contributed by atoms with Crippen molar-refractivity contribution >= 4 is 0 Å². The van der Waals surface area contributed by atoms with Crippen LogP contribution in [0.15, 0.2) is 0 Å². The Morgan fingerprint density at radius 2 is 1.33 bits per heavy atom. The number of hydrogen-bond donors (Lipinski definition) is 0. The molecule has 2 saturated carbocycles. The summed E-state index contributed by atoms with van der Waals surface area (Å²) in [6, 6.07) is 0. The number of hydrogen-bond acceptors (Lipinski definition) is 2. The predicted molar refractivity (Wildman–Crippen MR) is 103 cm³/mol. The molecular weight excluding hydrogens is 296 g/mol. The average Bonchev–Trinajstić information content (AvgIpc) is 3.25. The Morgan fingerprint density at radius 1 is 0.667 bits per heavy atom. The molecule has 0 spiro atoms. The molecule has 142 valence electrons. The van der Waals surface area contributed by atoms with Gasteiger partial charge in [0.05, 0.1) is 12.2 Å². The third kappa shape index (κ3) is 8.85. The van der Waals surface area contributed by atoms with Crippen LogP contribution in [0.1, 0.15) is 110 Å². The highest BCUT2D eigenvalue weighted by molar-refractivity contribution is 4.76. The van der Waals surface area contributed by atoms with Crippen molar-refractivity contribution in [2.75, 3.05) is 13.2 Å². The molecule has 24 heavy (non-hydrogen) atoms. The zero-order valence-electron chi connectivity index (χ0n) is 16.3. The molecule has 0 aromatic rings. The first kappa shape index (κ1) is 20.2. The van der Waals surface area contributed by atoms with Crippen LogP contribution in [0.4, 0.5) is 0 Å². The van der Waals surface area contributed by atoms with E-state index in [1.165, 1.54) is 103 Å². The lowest BCUT2D eigenvalue weighted by atomic mass is 10.0. The molecule has 0 aromatic carbocycles. The van der Waals surface area contributed by atoms with E-state index in [-0.39, 0.29) is 0 Å². The Kier molecular flexibility index (Phi) is 11.1. The van der Waals surface area contributed by atoms with Crippen LogP contribution in [0, 0.1) is 5.92 Å². The lowest BCUT2D eigenvalue weighted by molar-refractivity contribution is 0.0400. The van der Waals surface area contributed by atoms with E-state index < -0.39 is 0 Å². The normalized spacial score (nSPS) is 24.9. The molecule has 0 N–H and O–H groups in total. The highest BCUT2D eigenvalue weighted by Gasteiger charge is 2.25. The maximum absolute atomic E-state index is 6.12. The quantitative estimate of drug-likeness (QED) is 0.330. The van der Waals surface area contributed by atoms with Gasteiger partial charge in [0.15, 0.2) is 0 Å². The zero-order valence-corrected chi connectivity index (χ0v) is 16.3. The van der Waals surface area contributed by atoms with Gasteiger partial charge in [-0.3, -0.25) is 0 Å². The summed E-state index contributed by atoms with van der Waals surface area (Å²) in [5.41, 5.74) is 0. The van der Waals surface area contributed by atoms with Gasteiger partial charge in [0.2, 0.25) is 0 Å². The third-order valence-electron chi connectivity index (χ3n) is 6.03. The maximum Gasteiger partial charge on any atom is 0.0577 e. The van der Waals surface area contributed by atoms with Gasteiger partial charge in [-0.05, 0) is 50.9 Å². The first-order valence-corrected chi connectivity index (χ1v) is 11.1. The van der Waals surface area contributed by atoms with E-state index in [2.05, 4.69) is 6.92 Å².